The SMILES string of the molecule is O=C(c1ccccc1C(F)(F)F)N1CCOC(c2ccc(F)cc2)C1. The van der Waals surface area contributed by atoms with Crippen molar-refractivity contribution >= 4 is 5.91 Å². The molecule has 7 heteroatoms. The van der Waals surface area contributed by atoms with Crippen LogP contribution in [0.1, 0.15) is 27.6 Å². The van der Waals surface area contributed by atoms with Crippen molar-refractivity contribution in [1.82, 2.24) is 4.90 Å². The van der Waals surface area contributed by atoms with Gasteiger partial charge in [0.1, 0.15) is 11.9 Å². The highest BCUT2D eigenvalue weighted by molar-refractivity contribution is 5.96. The van der Waals surface area contributed by atoms with Crippen LogP contribution < -0.4 is 0 Å². The van der Waals surface area contributed by atoms with Gasteiger partial charge in [-0.3, -0.25) is 4.79 Å². The average Bonchev–Trinajstić information content (AvgIpc) is 2.61. The second kappa shape index (κ2) is 6.84. The van der Waals surface area contributed by atoms with Crippen molar-refractivity contribution in [2.75, 3.05) is 19.7 Å². The number of nitrogens with zero attached hydrogens (tertiary/aromatic N) is 1. The average molecular weight is 353 g/mol. The van der Waals surface area contributed by atoms with Gasteiger partial charge in [0, 0.05) is 6.54 Å². The van der Waals surface area contributed by atoms with Crippen LogP contribution in [0, 0.1) is 5.82 Å². The van der Waals surface area contributed by atoms with Gasteiger partial charge in [-0.15, -0.1) is 0 Å². The van der Waals surface area contributed by atoms with E-state index in [2.05, 4.69) is 0 Å². The van der Waals surface area contributed by atoms with Crippen molar-refractivity contribution in [3.05, 3.63) is 71.0 Å². The molecule has 0 aromatic heterocycles. The van der Waals surface area contributed by atoms with Crippen LogP contribution in [0.2, 0.25) is 0 Å². The molecule has 132 valence electrons. The van der Waals surface area contributed by atoms with Gasteiger partial charge in [0.15, 0.2) is 0 Å². The number of ether oxygens (including phenoxy) is 1. The summed E-state index contributed by atoms with van der Waals surface area (Å²) in [5.74, 6) is -1.09. The zero-order valence-corrected chi connectivity index (χ0v) is 13.1. The van der Waals surface area contributed by atoms with Crippen LogP contribution in [-0.4, -0.2) is 30.5 Å². The molecular formula is C18H15F4NO2. The summed E-state index contributed by atoms with van der Waals surface area (Å²) in [4.78, 5) is 13.9. The van der Waals surface area contributed by atoms with Crippen molar-refractivity contribution in [3.63, 3.8) is 0 Å². The molecular weight excluding hydrogens is 338 g/mol. The molecule has 2 aromatic carbocycles. The van der Waals surface area contributed by atoms with E-state index in [4.69, 9.17) is 4.74 Å². The Morgan fingerprint density at radius 3 is 2.44 bits per heavy atom. The van der Waals surface area contributed by atoms with Gasteiger partial charge >= 0.3 is 6.18 Å². The molecule has 0 radical (unpaired) electrons. The van der Waals surface area contributed by atoms with Crippen molar-refractivity contribution in [2.45, 2.75) is 12.3 Å². The maximum atomic E-state index is 13.1. The summed E-state index contributed by atoms with van der Waals surface area (Å²) in [5, 5.41) is 0. The number of halogens is 4. The quantitative estimate of drug-likeness (QED) is 0.762. The molecule has 1 atom stereocenters. The molecule has 1 heterocycles. The van der Waals surface area contributed by atoms with Gasteiger partial charge in [-0.25, -0.2) is 4.39 Å². The number of hydrogen-bond acceptors (Lipinski definition) is 2. The van der Waals surface area contributed by atoms with Crippen molar-refractivity contribution in [3.8, 4) is 0 Å². The predicted octanol–water partition coefficient (Wildman–Crippen LogP) is 4.06. The summed E-state index contributed by atoms with van der Waals surface area (Å²) in [6, 6.07) is 10.4. The monoisotopic (exact) mass is 353 g/mol. The van der Waals surface area contributed by atoms with E-state index >= 15 is 0 Å². The number of rotatable bonds is 2. The first kappa shape index (κ1) is 17.4. The normalized spacial score (nSPS) is 18.2. The van der Waals surface area contributed by atoms with E-state index < -0.39 is 29.6 Å². The fourth-order valence-electron chi connectivity index (χ4n) is 2.80. The smallest absolute Gasteiger partial charge is 0.370 e. The van der Waals surface area contributed by atoms with Crippen LogP contribution in [0.3, 0.4) is 0 Å². The first-order valence-corrected chi connectivity index (χ1v) is 7.69. The van der Waals surface area contributed by atoms with Crippen LogP contribution in [0.15, 0.2) is 48.5 Å². The summed E-state index contributed by atoms with van der Waals surface area (Å²) < 4.78 is 58.0. The maximum Gasteiger partial charge on any atom is 0.417 e. The number of amides is 1. The van der Waals surface area contributed by atoms with Crippen molar-refractivity contribution < 1.29 is 27.1 Å². The number of carbonyl (C=O) groups is 1. The van der Waals surface area contributed by atoms with Crippen LogP contribution in [0.5, 0.6) is 0 Å². The molecule has 1 aliphatic rings. The molecule has 0 saturated carbocycles. The highest BCUT2D eigenvalue weighted by Gasteiger charge is 2.36. The van der Waals surface area contributed by atoms with E-state index in [0.29, 0.717) is 5.56 Å². The van der Waals surface area contributed by atoms with Gasteiger partial charge in [-0.05, 0) is 29.8 Å². The number of carbonyl (C=O) groups excluding carboxylic acids is 1. The standard InChI is InChI=1S/C18H15F4NO2/c19-13-7-5-12(6-8-13)16-11-23(9-10-25-16)17(24)14-3-1-2-4-15(14)18(20,21)22/h1-8,16H,9-11H2. The minimum atomic E-state index is -4.60. The van der Waals surface area contributed by atoms with E-state index in [1.54, 1.807) is 0 Å². The lowest BCUT2D eigenvalue weighted by atomic mass is 10.0. The van der Waals surface area contributed by atoms with Gasteiger partial charge in [0.2, 0.25) is 0 Å². The highest BCUT2D eigenvalue weighted by Crippen LogP contribution is 2.33. The third-order valence-corrected chi connectivity index (χ3v) is 4.06. The Labute approximate surface area is 141 Å². The first-order chi connectivity index (χ1) is 11.9. The highest BCUT2D eigenvalue weighted by atomic mass is 19.4. The van der Waals surface area contributed by atoms with E-state index in [-0.39, 0.29) is 25.3 Å². The molecule has 1 unspecified atom stereocenters. The molecule has 0 bridgehead atoms. The first-order valence-electron chi connectivity index (χ1n) is 7.69. The number of hydrogen-bond donors (Lipinski definition) is 0. The third kappa shape index (κ3) is 3.82. The van der Waals surface area contributed by atoms with Gasteiger partial charge in [0.25, 0.3) is 5.91 Å². The molecule has 1 saturated heterocycles. The second-order valence-electron chi connectivity index (χ2n) is 5.71. The Morgan fingerprint density at radius 2 is 1.76 bits per heavy atom. The summed E-state index contributed by atoms with van der Waals surface area (Å²) in [7, 11) is 0. The van der Waals surface area contributed by atoms with Crippen molar-refractivity contribution in [2.24, 2.45) is 0 Å². The molecule has 1 amide bonds. The van der Waals surface area contributed by atoms with Crippen LogP contribution in [0.25, 0.3) is 0 Å². The maximum absolute atomic E-state index is 13.1. The molecule has 1 fully saturated rings. The van der Waals surface area contributed by atoms with Crippen LogP contribution in [0.4, 0.5) is 17.6 Å². The Morgan fingerprint density at radius 1 is 1.08 bits per heavy atom. The number of alkyl halides is 3. The molecule has 2 aromatic rings. The van der Waals surface area contributed by atoms with Gasteiger partial charge in [0.05, 0.1) is 24.3 Å². The molecule has 0 N–H and O–H groups in total. The predicted molar refractivity (Wildman–Crippen MR) is 82.4 cm³/mol. The topological polar surface area (TPSA) is 29.5 Å². The summed E-state index contributed by atoms with van der Waals surface area (Å²) in [5.41, 5.74) is -0.664. The molecule has 3 rings (SSSR count). The Hall–Kier alpha value is -2.41. The van der Waals surface area contributed by atoms with Gasteiger partial charge in [-0.2, -0.15) is 13.2 Å². The van der Waals surface area contributed by atoms with Crippen molar-refractivity contribution in [1.29, 1.82) is 0 Å². The molecule has 0 aliphatic carbocycles. The Kier molecular flexibility index (Phi) is 4.76. The molecule has 1 aliphatic heterocycles. The summed E-state index contributed by atoms with van der Waals surface area (Å²) in [6.07, 6.45) is -5.11. The molecule has 0 spiro atoms. The zero-order valence-electron chi connectivity index (χ0n) is 13.1. The van der Waals surface area contributed by atoms with Gasteiger partial charge < -0.3 is 9.64 Å². The van der Waals surface area contributed by atoms with E-state index in [1.807, 2.05) is 0 Å². The number of morpholine rings is 1. The lowest BCUT2D eigenvalue weighted by Gasteiger charge is -2.33. The fraction of sp³-hybridized carbons (Fsp3) is 0.278. The van der Waals surface area contributed by atoms with Crippen LogP contribution in [-0.2, 0) is 10.9 Å². The van der Waals surface area contributed by atoms with E-state index in [1.165, 1.54) is 47.4 Å². The Bertz CT molecular complexity index is 758. The van der Waals surface area contributed by atoms with Gasteiger partial charge in [-0.1, -0.05) is 24.3 Å². The van der Waals surface area contributed by atoms with E-state index in [9.17, 15) is 22.4 Å². The van der Waals surface area contributed by atoms with Crippen LogP contribution >= 0.6 is 0 Å². The molecule has 25 heavy (non-hydrogen) atoms. The minimum Gasteiger partial charge on any atom is -0.370 e. The van der Waals surface area contributed by atoms with E-state index in [0.717, 1.165) is 6.07 Å². The number of benzene rings is 2. The minimum absolute atomic E-state index is 0.108. The lowest BCUT2D eigenvalue weighted by Crippen LogP contribution is -2.42. The molecule has 3 nitrogen and oxygen atoms in total. The Balaban J connectivity index is 1.82. The second-order valence-corrected chi connectivity index (χ2v) is 5.71. The largest absolute Gasteiger partial charge is 0.417 e. The summed E-state index contributed by atoms with van der Waals surface area (Å²) >= 11 is 0. The zero-order chi connectivity index (χ0) is 18.0. The third-order valence-electron chi connectivity index (χ3n) is 4.06. The lowest BCUT2D eigenvalue weighted by molar-refractivity contribution is -0.138. The fourth-order valence-corrected chi connectivity index (χ4v) is 2.80. The summed E-state index contributed by atoms with van der Waals surface area (Å²) in [6.45, 7) is 0.501.